The van der Waals surface area contributed by atoms with Crippen LogP contribution in [0.3, 0.4) is 0 Å². The van der Waals surface area contributed by atoms with Crippen molar-refractivity contribution in [2.24, 2.45) is 5.73 Å². The van der Waals surface area contributed by atoms with Crippen molar-refractivity contribution in [3.05, 3.63) is 57.7 Å². The average Bonchev–Trinajstić information content (AvgIpc) is 2.41. The zero-order valence-electron chi connectivity index (χ0n) is 11.0. The van der Waals surface area contributed by atoms with Crippen LogP contribution in [0.2, 0.25) is 10.0 Å². The lowest BCUT2D eigenvalue weighted by molar-refractivity contribution is 0.610. The van der Waals surface area contributed by atoms with Crippen LogP contribution in [-0.4, -0.2) is 11.0 Å². The lowest BCUT2D eigenvalue weighted by atomic mass is 10.0. The van der Waals surface area contributed by atoms with Gasteiger partial charge in [-0.05, 0) is 48.6 Å². The van der Waals surface area contributed by atoms with E-state index in [9.17, 15) is 0 Å². The highest BCUT2D eigenvalue weighted by atomic mass is 35.5. The second kappa shape index (κ2) is 6.93. The lowest BCUT2D eigenvalue weighted by Crippen LogP contribution is -2.23. The molecule has 1 aromatic heterocycles. The summed E-state index contributed by atoms with van der Waals surface area (Å²) < 4.78 is 0. The molecule has 0 saturated carbocycles. The van der Waals surface area contributed by atoms with E-state index in [1.807, 2.05) is 18.2 Å². The van der Waals surface area contributed by atoms with Crippen LogP contribution in [0.4, 0.5) is 5.82 Å². The number of nitrogens with two attached hydrogens (primary N) is 2. The van der Waals surface area contributed by atoms with Crippen LogP contribution in [0, 0.1) is 0 Å². The molecular weight excluding hydrogens is 293 g/mol. The molecule has 0 spiro atoms. The molecule has 2 aromatic rings. The number of aromatic nitrogens is 1. The first-order valence-electron chi connectivity index (χ1n) is 6.44. The third kappa shape index (κ3) is 4.37. The first kappa shape index (κ1) is 15.1. The molecule has 0 bridgehead atoms. The molecular formula is C15H17Cl2N3. The summed E-state index contributed by atoms with van der Waals surface area (Å²) in [6.45, 7) is 0. The molecule has 20 heavy (non-hydrogen) atoms. The van der Waals surface area contributed by atoms with Crippen LogP contribution in [0.1, 0.15) is 17.5 Å². The second-order valence-electron chi connectivity index (χ2n) is 4.83. The van der Waals surface area contributed by atoms with Crippen molar-refractivity contribution in [3.8, 4) is 0 Å². The van der Waals surface area contributed by atoms with E-state index in [0.717, 1.165) is 30.4 Å². The fourth-order valence-corrected chi connectivity index (χ4v) is 2.49. The number of hydrogen-bond donors (Lipinski definition) is 2. The maximum absolute atomic E-state index is 6.15. The van der Waals surface area contributed by atoms with Crippen LogP contribution >= 0.6 is 23.2 Å². The zero-order valence-corrected chi connectivity index (χ0v) is 12.5. The highest BCUT2D eigenvalue weighted by Crippen LogP contribution is 2.22. The van der Waals surface area contributed by atoms with Gasteiger partial charge in [-0.3, -0.25) is 0 Å². The van der Waals surface area contributed by atoms with Crippen LogP contribution in [-0.2, 0) is 12.8 Å². The average molecular weight is 310 g/mol. The maximum Gasteiger partial charge on any atom is 0.123 e. The van der Waals surface area contributed by atoms with Crippen molar-refractivity contribution < 1.29 is 0 Å². The minimum atomic E-state index is 0.0474. The molecule has 0 radical (unpaired) electrons. The van der Waals surface area contributed by atoms with Gasteiger partial charge in [0.25, 0.3) is 0 Å². The Balaban J connectivity index is 1.89. The summed E-state index contributed by atoms with van der Waals surface area (Å²) in [5.74, 6) is 0.533. The van der Waals surface area contributed by atoms with E-state index in [4.69, 9.17) is 34.7 Å². The van der Waals surface area contributed by atoms with Gasteiger partial charge >= 0.3 is 0 Å². The van der Waals surface area contributed by atoms with Gasteiger partial charge in [0.05, 0.1) is 0 Å². The van der Waals surface area contributed by atoms with Crippen molar-refractivity contribution in [1.82, 2.24) is 4.98 Å². The first-order chi connectivity index (χ1) is 9.54. The third-order valence-corrected chi connectivity index (χ3v) is 3.74. The molecule has 0 amide bonds. The van der Waals surface area contributed by atoms with Crippen LogP contribution in [0.15, 0.2) is 36.5 Å². The highest BCUT2D eigenvalue weighted by Gasteiger charge is 2.08. The number of halogens is 2. The molecule has 1 atom stereocenters. The van der Waals surface area contributed by atoms with E-state index in [1.165, 1.54) is 0 Å². The standard InChI is InChI=1S/C15H17Cl2N3/c16-12-4-3-11(14(17)8-12)7-13(18)5-1-10-2-6-15(19)20-9-10/h2-4,6,8-9,13H,1,5,7,18H2,(H2,19,20)/t13-/m0/s1. The number of nitrogen functional groups attached to an aromatic ring is 1. The Bertz CT molecular complexity index is 570. The summed E-state index contributed by atoms with van der Waals surface area (Å²) in [5.41, 5.74) is 13.9. The van der Waals surface area contributed by atoms with Gasteiger partial charge in [0.1, 0.15) is 5.82 Å². The Morgan fingerprint density at radius 3 is 2.60 bits per heavy atom. The molecule has 0 unspecified atom stereocenters. The molecule has 0 aliphatic carbocycles. The molecule has 5 heteroatoms. The number of nitrogens with zero attached hydrogens (tertiary/aromatic N) is 1. The van der Waals surface area contributed by atoms with Gasteiger partial charge in [0, 0.05) is 22.3 Å². The molecule has 1 heterocycles. The van der Waals surface area contributed by atoms with Gasteiger partial charge in [0.2, 0.25) is 0 Å². The maximum atomic E-state index is 6.15. The topological polar surface area (TPSA) is 64.9 Å². The minimum absolute atomic E-state index is 0.0474. The second-order valence-corrected chi connectivity index (χ2v) is 5.67. The Labute approximate surface area is 128 Å². The van der Waals surface area contributed by atoms with Crippen molar-refractivity contribution in [2.45, 2.75) is 25.3 Å². The highest BCUT2D eigenvalue weighted by molar-refractivity contribution is 6.35. The summed E-state index contributed by atoms with van der Waals surface area (Å²) in [7, 11) is 0. The minimum Gasteiger partial charge on any atom is -0.384 e. The van der Waals surface area contributed by atoms with Gasteiger partial charge in [0.15, 0.2) is 0 Å². The third-order valence-electron chi connectivity index (χ3n) is 3.15. The molecule has 0 fully saturated rings. The van der Waals surface area contributed by atoms with Gasteiger partial charge in [-0.15, -0.1) is 0 Å². The van der Waals surface area contributed by atoms with Gasteiger partial charge < -0.3 is 11.5 Å². The van der Waals surface area contributed by atoms with E-state index in [-0.39, 0.29) is 6.04 Å². The quantitative estimate of drug-likeness (QED) is 0.888. The molecule has 3 nitrogen and oxygen atoms in total. The van der Waals surface area contributed by atoms with Crippen molar-refractivity contribution >= 4 is 29.0 Å². The van der Waals surface area contributed by atoms with E-state index >= 15 is 0 Å². The fraction of sp³-hybridized carbons (Fsp3) is 0.267. The predicted molar refractivity (Wildman–Crippen MR) is 85.1 cm³/mol. The zero-order chi connectivity index (χ0) is 14.5. The van der Waals surface area contributed by atoms with Crippen molar-refractivity contribution in [3.63, 3.8) is 0 Å². The molecule has 0 aliphatic rings. The summed E-state index contributed by atoms with van der Waals surface area (Å²) in [6, 6.07) is 9.33. The number of rotatable bonds is 5. The Kier molecular flexibility index (Phi) is 5.24. The largest absolute Gasteiger partial charge is 0.384 e. The Morgan fingerprint density at radius 1 is 1.15 bits per heavy atom. The summed E-state index contributed by atoms with van der Waals surface area (Å²) in [4.78, 5) is 4.07. The van der Waals surface area contributed by atoms with E-state index in [1.54, 1.807) is 18.3 Å². The van der Waals surface area contributed by atoms with Crippen LogP contribution < -0.4 is 11.5 Å². The normalized spacial score (nSPS) is 12.3. The predicted octanol–water partition coefficient (Wildman–Crippen LogP) is 3.47. The summed E-state index contributed by atoms with van der Waals surface area (Å²) in [6.07, 6.45) is 4.26. The SMILES string of the molecule is Nc1ccc(CC[C@H](N)Cc2ccc(Cl)cc2Cl)cn1. The number of aryl methyl sites for hydroxylation is 1. The van der Waals surface area contributed by atoms with Crippen LogP contribution in [0.5, 0.6) is 0 Å². The number of anilines is 1. The Hall–Kier alpha value is -1.29. The van der Waals surface area contributed by atoms with Gasteiger partial charge in [-0.25, -0.2) is 4.98 Å². The van der Waals surface area contributed by atoms with E-state index in [0.29, 0.717) is 15.9 Å². The number of hydrogen-bond acceptors (Lipinski definition) is 3. The fourth-order valence-electron chi connectivity index (χ4n) is 2.01. The van der Waals surface area contributed by atoms with E-state index < -0.39 is 0 Å². The van der Waals surface area contributed by atoms with E-state index in [2.05, 4.69) is 4.98 Å². The number of benzene rings is 1. The Morgan fingerprint density at radius 2 is 1.95 bits per heavy atom. The molecule has 4 N–H and O–H groups in total. The lowest BCUT2D eigenvalue weighted by Gasteiger charge is -2.13. The molecule has 2 rings (SSSR count). The van der Waals surface area contributed by atoms with Crippen LogP contribution in [0.25, 0.3) is 0 Å². The summed E-state index contributed by atoms with van der Waals surface area (Å²) >= 11 is 12.0. The summed E-state index contributed by atoms with van der Waals surface area (Å²) in [5, 5.41) is 1.31. The van der Waals surface area contributed by atoms with Crippen molar-refractivity contribution in [2.75, 3.05) is 5.73 Å². The molecule has 0 saturated heterocycles. The molecule has 0 aliphatic heterocycles. The van der Waals surface area contributed by atoms with Gasteiger partial charge in [-0.1, -0.05) is 35.3 Å². The molecule has 106 valence electrons. The number of pyridine rings is 1. The molecule has 1 aromatic carbocycles. The smallest absolute Gasteiger partial charge is 0.123 e. The first-order valence-corrected chi connectivity index (χ1v) is 7.20. The van der Waals surface area contributed by atoms with Crippen molar-refractivity contribution in [1.29, 1.82) is 0 Å². The van der Waals surface area contributed by atoms with Gasteiger partial charge in [-0.2, -0.15) is 0 Å². The monoisotopic (exact) mass is 309 g/mol.